The van der Waals surface area contributed by atoms with E-state index >= 15 is 0 Å². The molecule has 10 nitrogen and oxygen atoms in total. The summed E-state index contributed by atoms with van der Waals surface area (Å²) in [6.45, 7) is 3.13. The van der Waals surface area contributed by atoms with Crippen molar-refractivity contribution < 1.29 is 28.8 Å². The van der Waals surface area contributed by atoms with E-state index in [4.69, 9.17) is 21.3 Å². The average molecular weight is 703 g/mol. The summed E-state index contributed by atoms with van der Waals surface area (Å²) in [6, 6.07) is 15.6. The second kappa shape index (κ2) is 12.2. The molecule has 46 heavy (non-hydrogen) atoms. The molecule has 2 heterocycles. The van der Waals surface area contributed by atoms with Gasteiger partial charge in [0.15, 0.2) is 6.61 Å². The summed E-state index contributed by atoms with van der Waals surface area (Å²) in [5.74, 6) is -2.63. The first-order valence-corrected chi connectivity index (χ1v) is 15.5. The zero-order valence-electron chi connectivity index (χ0n) is 24.5. The zero-order chi connectivity index (χ0) is 32.9. The van der Waals surface area contributed by atoms with Gasteiger partial charge >= 0.3 is 5.97 Å². The number of aromatic nitrogens is 1. The van der Waals surface area contributed by atoms with E-state index in [9.17, 15) is 29.3 Å². The Bertz CT molecular complexity index is 2010. The molecule has 12 heteroatoms. The van der Waals surface area contributed by atoms with Crippen molar-refractivity contribution >= 4 is 73.4 Å². The van der Waals surface area contributed by atoms with Gasteiger partial charge in [-0.25, -0.2) is 9.78 Å². The number of pyridine rings is 1. The van der Waals surface area contributed by atoms with E-state index < -0.39 is 29.0 Å². The van der Waals surface area contributed by atoms with Gasteiger partial charge in [0.05, 0.1) is 39.2 Å². The molecule has 0 bridgehead atoms. The van der Waals surface area contributed by atoms with Crippen molar-refractivity contribution in [2.45, 2.75) is 20.3 Å². The summed E-state index contributed by atoms with van der Waals surface area (Å²) < 4.78 is 6.11. The predicted molar refractivity (Wildman–Crippen MR) is 175 cm³/mol. The van der Waals surface area contributed by atoms with Gasteiger partial charge < -0.3 is 4.74 Å². The number of Topliss-reactive ketones (excluding diaryl/α,β-unsaturated/α-hetero) is 1. The molecule has 232 valence electrons. The van der Waals surface area contributed by atoms with Crippen LogP contribution in [0.1, 0.15) is 39.6 Å². The number of rotatable bonds is 7. The monoisotopic (exact) mass is 701 g/mol. The van der Waals surface area contributed by atoms with Crippen molar-refractivity contribution in [1.82, 2.24) is 4.98 Å². The molecule has 0 spiro atoms. The van der Waals surface area contributed by atoms with Gasteiger partial charge in [-0.3, -0.25) is 29.4 Å². The Morgan fingerprint density at radius 1 is 1.09 bits per heavy atom. The molecule has 1 aliphatic heterocycles. The molecule has 3 unspecified atom stereocenters. The van der Waals surface area contributed by atoms with Crippen LogP contribution in [0.3, 0.4) is 0 Å². The number of fused-ring (bicyclic) bond motifs is 2. The Morgan fingerprint density at radius 3 is 2.52 bits per heavy atom. The quantitative estimate of drug-likeness (QED) is 0.0490. The maximum atomic E-state index is 13.4. The fourth-order valence-corrected chi connectivity index (χ4v) is 6.83. The van der Waals surface area contributed by atoms with Crippen molar-refractivity contribution in [1.29, 1.82) is 0 Å². The summed E-state index contributed by atoms with van der Waals surface area (Å²) in [7, 11) is 0. The summed E-state index contributed by atoms with van der Waals surface area (Å²) in [6.07, 6.45) is 4.47. The summed E-state index contributed by atoms with van der Waals surface area (Å²) in [5.41, 5.74) is 2.52. The van der Waals surface area contributed by atoms with Crippen LogP contribution >= 0.6 is 27.5 Å². The number of nitrogens with zero attached hydrogens (tertiary/aromatic N) is 3. The zero-order valence-corrected chi connectivity index (χ0v) is 26.9. The third-order valence-corrected chi connectivity index (χ3v) is 9.16. The molecule has 1 aromatic heterocycles. The number of halogens is 2. The second-order valence-corrected chi connectivity index (χ2v) is 12.6. The first-order valence-electron chi connectivity index (χ1n) is 14.3. The lowest BCUT2D eigenvalue weighted by Crippen LogP contribution is -2.31. The molecule has 1 fully saturated rings. The summed E-state index contributed by atoms with van der Waals surface area (Å²) in [5, 5.41) is 11.6. The number of nitro groups is 1. The number of aryl methyl sites for hydroxylation is 1. The number of anilines is 1. The fraction of sp³-hybridized carbons (Fsp3) is 0.206. The minimum Gasteiger partial charge on any atom is -0.454 e. The van der Waals surface area contributed by atoms with E-state index in [1.807, 2.05) is 32.1 Å². The maximum Gasteiger partial charge on any atom is 0.339 e. The molecule has 6 rings (SSSR count). The standard InChI is InChI=1S/C34H25BrClN3O7/c1-17-4-3-5-23-30(17)33(42)38(32(23)41)22-9-6-19(7-10-22)27-15-25(24-14-21(35)12-18(2)31(24)37-27)34(43)46-16-29(40)20-8-11-26(36)28(13-20)39(44)45/h3-4,6-15,17,23,30H,5,16H2,1-2H3. The Balaban J connectivity index is 1.30. The van der Waals surface area contributed by atoms with E-state index in [-0.39, 0.29) is 45.7 Å². The minimum absolute atomic E-state index is 0.0252. The van der Waals surface area contributed by atoms with Crippen LogP contribution in [0, 0.1) is 34.8 Å². The molecular formula is C34H25BrClN3O7. The SMILES string of the molecule is Cc1cc(Br)cc2c(C(=O)OCC(=O)c3ccc(Cl)c([N+](=O)[O-])c3)cc(-c3ccc(N4C(=O)C5CC=CC(C)C5C4=O)cc3)nc12. The van der Waals surface area contributed by atoms with Gasteiger partial charge in [-0.05, 0) is 67.3 Å². The number of imide groups is 1. The number of ketones is 1. The lowest BCUT2D eigenvalue weighted by molar-refractivity contribution is -0.384. The molecule has 4 aromatic rings. The topological polar surface area (TPSA) is 137 Å². The first kappa shape index (κ1) is 31.3. The molecule has 2 aliphatic rings. The Labute approximate surface area is 276 Å². The lowest BCUT2D eigenvalue weighted by Gasteiger charge is -2.22. The van der Waals surface area contributed by atoms with Crippen LogP contribution in [-0.4, -0.2) is 40.1 Å². The molecule has 2 amide bonds. The van der Waals surface area contributed by atoms with E-state index in [1.165, 1.54) is 17.0 Å². The molecule has 3 atom stereocenters. The number of allylic oxidation sites excluding steroid dienone is 2. The number of carbonyl (C=O) groups excluding carboxylic acids is 4. The molecule has 1 aliphatic carbocycles. The average Bonchev–Trinajstić information content (AvgIpc) is 3.29. The van der Waals surface area contributed by atoms with Gasteiger partial charge in [-0.15, -0.1) is 0 Å². The van der Waals surface area contributed by atoms with Crippen LogP contribution in [0.2, 0.25) is 5.02 Å². The van der Waals surface area contributed by atoms with Gasteiger partial charge in [0, 0.05) is 27.1 Å². The second-order valence-electron chi connectivity index (χ2n) is 11.3. The van der Waals surface area contributed by atoms with Crippen molar-refractivity contribution in [3.63, 3.8) is 0 Å². The van der Waals surface area contributed by atoms with Crippen molar-refractivity contribution in [2.75, 3.05) is 11.5 Å². The highest BCUT2D eigenvalue weighted by atomic mass is 79.9. The van der Waals surface area contributed by atoms with Crippen molar-refractivity contribution in [3.05, 3.63) is 109 Å². The van der Waals surface area contributed by atoms with E-state index in [1.54, 1.807) is 36.4 Å². The van der Waals surface area contributed by atoms with Crippen LogP contribution in [-0.2, 0) is 14.3 Å². The van der Waals surface area contributed by atoms with Gasteiger partial charge in [-0.2, -0.15) is 0 Å². The highest BCUT2D eigenvalue weighted by Crippen LogP contribution is 2.41. The Kier molecular flexibility index (Phi) is 8.30. The fourth-order valence-electron chi connectivity index (χ4n) is 6.07. The lowest BCUT2D eigenvalue weighted by atomic mass is 9.78. The van der Waals surface area contributed by atoms with Crippen molar-refractivity contribution in [2.24, 2.45) is 17.8 Å². The maximum absolute atomic E-state index is 13.4. The summed E-state index contributed by atoms with van der Waals surface area (Å²) in [4.78, 5) is 69.3. The van der Waals surface area contributed by atoms with Crippen LogP contribution in [0.25, 0.3) is 22.2 Å². The summed E-state index contributed by atoms with van der Waals surface area (Å²) >= 11 is 9.31. The van der Waals surface area contributed by atoms with Crippen LogP contribution < -0.4 is 4.90 Å². The molecular weight excluding hydrogens is 678 g/mol. The molecule has 0 N–H and O–H groups in total. The number of ether oxygens (including phenoxy) is 1. The molecule has 3 aromatic carbocycles. The highest BCUT2D eigenvalue weighted by Gasteiger charge is 2.50. The molecule has 0 radical (unpaired) electrons. The smallest absolute Gasteiger partial charge is 0.339 e. The van der Waals surface area contributed by atoms with E-state index in [0.717, 1.165) is 11.6 Å². The molecule has 1 saturated heterocycles. The van der Waals surface area contributed by atoms with Crippen LogP contribution in [0.4, 0.5) is 11.4 Å². The van der Waals surface area contributed by atoms with E-state index in [2.05, 4.69) is 15.9 Å². The number of hydrogen-bond acceptors (Lipinski definition) is 8. The minimum atomic E-state index is -0.793. The van der Waals surface area contributed by atoms with Crippen LogP contribution in [0.5, 0.6) is 0 Å². The van der Waals surface area contributed by atoms with Crippen LogP contribution in [0.15, 0.2) is 77.3 Å². The van der Waals surface area contributed by atoms with Gasteiger partial charge in [0.25, 0.3) is 5.69 Å². The number of amides is 2. The number of hydrogen-bond donors (Lipinski definition) is 0. The predicted octanol–water partition coefficient (Wildman–Crippen LogP) is 7.28. The largest absolute Gasteiger partial charge is 0.454 e. The Hall–Kier alpha value is -4.74. The first-order chi connectivity index (χ1) is 21.9. The number of benzene rings is 3. The third kappa shape index (κ3) is 5.60. The number of esters is 1. The Morgan fingerprint density at radius 2 is 1.83 bits per heavy atom. The van der Waals surface area contributed by atoms with Gasteiger partial charge in [-0.1, -0.05) is 58.7 Å². The number of carbonyl (C=O) groups is 4. The van der Waals surface area contributed by atoms with Gasteiger partial charge in [0.1, 0.15) is 5.02 Å². The third-order valence-electron chi connectivity index (χ3n) is 8.38. The molecule has 0 saturated carbocycles. The van der Waals surface area contributed by atoms with E-state index in [0.29, 0.717) is 38.7 Å². The normalized spacial score (nSPS) is 19.0. The van der Waals surface area contributed by atoms with Crippen molar-refractivity contribution in [3.8, 4) is 11.3 Å². The highest BCUT2D eigenvalue weighted by molar-refractivity contribution is 9.10. The number of nitro benzene ring substituents is 1. The van der Waals surface area contributed by atoms with Gasteiger partial charge in [0.2, 0.25) is 17.6 Å².